The van der Waals surface area contributed by atoms with Crippen LogP contribution in [0.15, 0.2) is 224 Å². The molecule has 0 saturated heterocycles. The summed E-state index contributed by atoms with van der Waals surface area (Å²) in [6.07, 6.45) is 0. The average molecular weight is 764 g/mol. The molecule has 0 N–H and O–H groups in total. The Labute approximate surface area is 347 Å². The largest absolute Gasteiger partial charge is 0.309 e. The zero-order chi connectivity index (χ0) is 39.6. The van der Waals surface area contributed by atoms with E-state index in [1.807, 2.05) is 0 Å². The Bertz CT molecular complexity index is 3500. The van der Waals surface area contributed by atoms with Gasteiger partial charge in [-0.25, -0.2) is 4.98 Å². The molecule has 280 valence electrons. The third-order valence-corrected chi connectivity index (χ3v) is 12.1. The Kier molecular flexibility index (Phi) is 7.85. The maximum absolute atomic E-state index is 5.41. The molecule has 0 aliphatic heterocycles. The second-order valence-corrected chi connectivity index (χ2v) is 15.6. The van der Waals surface area contributed by atoms with E-state index >= 15 is 0 Å². The lowest BCUT2D eigenvalue weighted by Gasteiger charge is -2.15. The summed E-state index contributed by atoms with van der Waals surface area (Å²) in [5.74, 6) is 0. The van der Waals surface area contributed by atoms with Crippen molar-refractivity contribution in [2.24, 2.45) is 0 Å². The van der Waals surface area contributed by atoms with Gasteiger partial charge in [0.15, 0.2) is 0 Å². The van der Waals surface area contributed by atoms with Crippen LogP contribution in [0.5, 0.6) is 0 Å². The highest BCUT2D eigenvalue weighted by Gasteiger charge is 2.17. The summed E-state index contributed by atoms with van der Waals surface area (Å²) in [4.78, 5) is 5.41. The molecule has 3 nitrogen and oxygen atoms in total. The second kappa shape index (κ2) is 13.8. The summed E-state index contributed by atoms with van der Waals surface area (Å²) < 4.78 is 4.76. The first-order chi connectivity index (χ1) is 29.7. The van der Waals surface area contributed by atoms with E-state index in [4.69, 9.17) is 4.98 Å². The van der Waals surface area contributed by atoms with Crippen molar-refractivity contribution in [2.75, 3.05) is 0 Å². The van der Waals surface area contributed by atoms with E-state index in [-0.39, 0.29) is 0 Å². The van der Waals surface area contributed by atoms with E-state index in [9.17, 15) is 0 Å². The lowest BCUT2D eigenvalue weighted by Crippen LogP contribution is -1.96. The zero-order valence-electron chi connectivity index (χ0n) is 32.7. The van der Waals surface area contributed by atoms with Gasteiger partial charge in [-0.2, -0.15) is 0 Å². The molecule has 12 rings (SSSR count). The quantitative estimate of drug-likeness (QED) is 0.165. The van der Waals surface area contributed by atoms with Crippen LogP contribution in [0, 0.1) is 0 Å². The number of rotatable bonds is 6. The zero-order valence-corrected chi connectivity index (χ0v) is 32.7. The molecule has 0 amide bonds. The standard InChI is InChI=1S/C57H37N3/c1-2-15-38(16-3-1)39-17-12-19-42(33-39)50-37-53(43-20-14-22-45(35-43)60-56-29-10-6-25-48(56)49-26-7-11-30-57(49)60)58-52-32-31-41(36-51(50)52)40-18-13-21-44(34-40)59-54-27-8-4-23-46(54)47-24-5-9-28-55(47)59/h1-37H. The molecule has 0 aliphatic rings. The van der Waals surface area contributed by atoms with Crippen molar-refractivity contribution in [2.45, 2.75) is 0 Å². The first kappa shape index (κ1) is 34.1. The fraction of sp³-hybridized carbons (Fsp3) is 0. The van der Waals surface area contributed by atoms with Crippen molar-refractivity contribution in [1.29, 1.82) is 0 Å². The summed E-state index contributed by atoms with van der Waals surface area (Å²) in [5, 5.41) is 6.13. The number of para-hydroxylation sites is 4. The van der Waals surface area contributed by atoms with E-state index in [1.165, 1.54) is 54.7 Å². The molecule has 9 aromatic carbocycles. The predicted molar refractivity (Wildman–Crippen MR) is 252 cm³/mol. The first-order valence-electron chi connectivity index (χ1n) is 20.5. The van der Waals surface area contributed by atoms with E-state index in [0.29, 0.717) is 0 Å². The van der Waals surface area contributed by atoms with Crippen LogP contribution in [0.25, 0.3) is 111 Å². The lowest BCUT2D eigenvalue weighted by molar-refractivity contribution is 1.18. The fourth-order valence-electron chi connectivity index (χ4n) is 9.32. The van der Waals surface area contributed by atoms with Crippen molar-refractivity contribution in [3.05, 3.63) is 224 Å². The highest BCUT2D eigenvalue weighted by atomic mass is 15.0. The van der Waals surface area contributed by atoms with Crippen LogP contribution in [0.2, 0.25) is 0 Å². The predicted octanol–water partition coefficient (Wildman–Crippen LogP) is 15.1. The second-order valence-electron chi connectivity index (χ2n) is 15.6. The molecular weight excluding hydrogens is 727 g/mol. The van der Waals surface area contributed by atoms with Crippen molar-refractivity contribution < 1.29 is 0 Å². The molecule has 0 radical (unpaired) electrons. The molecule has 0 spiro atoms. The SMILES string of the molecule is c1ccc(-c2cccc(-c3cc(-c4cccc(-n5c6ccccc6c6ccccc65)c4)nc4ccc(-c5cccc(-n6c7ccccc7c7ccccc76)c5)cc34)c2)cc1. The molecular formula is C57H37N3. The van der Waals surface area contributed by atoms with Gasteiger partial charge in [0.2, 0.25) is 0 Å². The molecule has 0 bridgehead atoms. The summed E-state index contributed by atoms with van der Waals surface area (Å²) in [5.41, 5.74) is 17.0. The topological polar surface area (TPSA) is 22.8 Å². The summed E-state index contributed by atoms with van der Waals surface area (Å²) >= 11 is 0. The van der Waals surface area contributed by atoms with Gasteiger partial charge in [0.25, 0.3) is 0 Å². The monoisotopic (exact) mass is 763 g/mol. The van der Waals surface area contributed by atoms with Crippen LogP contribution >= 0.6 is 0 Å². The average Bonchev–Trinajstić information content (AvgIpc) is 3.85. The minimum absolute atomic E-state index is 0.936. The van der Waals surface area contributed by atoms with Gasteiger partial charge in [-0.15, -0.1) is 0 Å². The Morgan fingerprint density at radius 1 is 0.267 bits per heavy atom. The molecule has 0 saturated carbocycles. The van der Waals surface area contributed by atoms with Gasteiger partial charge >= 0.3 is 0 Å². The number of pyridine rings is 1. The lowest BCUT2D eigenvalue weighted by atomic mass is 9.93. The molecule has 0 unspecified atom stereocenters. The Morgan fingerprint density at radius 3 is 1.28 bits per heavy atom. The molecule has 0 atom stereocenters. The van der Waals surface area contributed by atoms with Crippen LogP contribution in [0.4, 0.5) is 0 Å². The van der Waals surface area contributed by atoms with E-state index in [2.05, 4.69) is 234 Å². The summed E-state index contributed by atoms with van der Waals surface area (Å²) in [7, 11) is 0. The van der Waals surface area contributed by atoms with Crippen LogP contribution < -0.4 is 0 Å². The van der Waals surface area contributed by atoms with Gasteiger partial charge in [-0.05, 0) is 106 Å². The summed E-state index contributed by atoms with van der Waals surface area (Å²) in [6.45, 7) is 0. The first-order valence-corrected chi connectivity index (χ1v) is 20.5. The third kappa shape index (κ3) is 5.55. The number of benzene rings is 9. The highest BCUT2D eigenvalue weighted by Crippen LogP contribution is 2.39. The molecule has 0 aliphatic carbocycles. The minimum atomic E-state index is 0.936. The molecule has 0 fully saturated rings. The number of nitrogens with zero attached hydrogens (tertiary/aromatic N) is 3. The Morgan fingerprint density at radius 2 is 0.700 bits per heavy atom. The van der Waals surface area contributed by atoms with Crippen LogP contribution in [-0.4, -0.2) is 14.1 Å². The van der Waals surface area contributed by atoms with Gasteiger partial charge < -0.3 is 9.13 Å². The van der Waals surface area contributed by atoms with Gasteiger partial charge in [0, 0.05) is 43.9 Å². The number of aromatic nitrogens is 3. The summed E-state index contributed by atoms with van der Waals surface area (Å²) in [6, 6.07) is 81.1. The molecule has 12 aromatic rings. The van der Waals surface area contributed by atoms with E-state index < -0.39 is 0 Å². The number of hydrogen-bond acceptors (Lipinski definition) is 1. The smallest absolute Gasteiger partial charge is 0.0716 e. The van der Waals surface area contributed by atoms with Gasteiger partial charge in [0.05, 0.1) is 33.3 Å². The van der Waals surface area contributed by atoms with Gasteiger partial charge in [-0.3, -0.25) is 0 Å². The van der Waals surface area contributed by atoms with Crippen LogP contribution in [0.3, 0.4) is 0 Å². The Hall–Kier alpha value is -8.01. The normalized spacial score (nSPS) is 11.7. The van der Waals surface area contributed by atoms with Crippen LogP contribution in [-0.2, 0) is 0 Å². The maximum atomic E-state index is 5.41. The van der Waals surface area contributed by atoms with E-state index in [0.717, 1.165) is 55.8 Å². The van der Waals surface area contributed by atoms with E-state index in [1.54, 1.807) is 0 Å². The van der Waals surface area contributed by atoms with Crippen molar-refractivity contribution in [3.8, 4) is 56.0 Å². The third-order valence-electron chi connectivity index (χ3n) is 12.1. The van der Waals surface area contributed by atoms with Gasteiger partial charge in [0.1, 0.15) is 0 Å². The maximum Gasteiger partial charge on any atom is 0.0716 e. The van der Waals surface area contributed by atoms with Crippen LogP contribution in [0.1, 0.15) is 0 Å². The Balaban J connectivity index is 1.03. The molecule has 3 aromatic heterocycles. The van der Waals surface area contributed by atoms with Crippen molar-refractivity contribution >= 4 is 54.5 Å². The molecule has 60 heavy (non-hydrogen) atoms. The van der Waals surface area contributed by atoms with Gasteiger partial charge in [-0.1, -0.05) is 152 Å². The van der Waals surface area contributed by atoms with Crippen molar-refractivity contribution in [1.82, 2.24) is 14.1 Å². The fourth-order valence-corrected chi connectivity index (χ4v) is 9.32. The van der Waals surface area contributed by atoms with Crippen molar-refractivity contribution in [3.63, 3.8) is 0 Å². The number of fused-ring (bicyclic) bond motifs is 7. The minimum Gasteiger partial charge on any atom is -0.309 e. The molecule has 3 heteroatoms. The molecule has 3 heterocycles. The number of hydrogen-bond donors (Lipinski definition) is 0. The highest BCUT2D eigenvalue weighted by molar-refractivity contribution is 6.10.